The van der Waals surface area contributed by atoms with Crippen molar-refractivity contribution in [2.75, 3.05) is 5.32 Å². The summed E-state index contributed by atoms with van der Waals surface area (Å²) in [5.41, 5.74) is -1.24. The molecular formula is C15H6F16N2O5S. The highest BCUT2D eigenvalue weighted by molar-refractivity contribution is 7.85. The van der Waals surface area contributed by atoms with Crippen LogP contribution in [0.3, 0.4) is 0 Å². The summed E-state index contributed by atoms with van der Waals surface area (Å²) in [6.45, 7) is 0. The Hall–Kier alpha value is -2.60. The molecular weight excluding hydrogens is 624 g/mol. The summed E-state index contributed by atoms with van der Waals surface area (Å²) in [5, 5.41) is 0.638. The summed E-state index contributed by atoms with van der Waals surface area (Å²) in [4.78, 5) is 6.18. The van der Waals surface area contributed by atoms with Gasteiger partial charge in [0, 0.05) is 5.69 Å². The van der Waals surface area contributed by atoms with Crippen LogP contribution in [0.15, 0.2) is 29.2 Å². The fourth-order valence-electron chi connectivity index (χ4n) is 2.79. The van der Waals surface area contributed by atoms with Crippen LogP contribution < -0.4 is 5.32 Å². The van der Waals surface area contributed by atoms with Crippen molar-refractivity contribution in [3.05, 3.63) is 24.3 Å². The molecule has 1 aliphatic rings. The Balaban J connectivity index is 2.72. The first-order valence-corrected chi connectivity index (χ1v) is 10.3. The molecule has 2 rings (SSSR count). The number of nitrogens with zero attached hydrogens (tertiary/aromatic N) is 1. The minimum atomic E-state index is -8.01. The Labute approximate surface area is 203 Å². The van der Waals surface area contributed by atoms with E-state index in [1.54, 1.807) is 4.74 Å². The lowest BCUT2D eigenvalue weighted by atomic mass is 10.0. The van der Waals surface area contributed by atoms with Crippen LogP contribution in [-0.2, 0) is 19.6 Å². The SMILES string of the molecule is O=C(Nc1ccc(S(=O)(=O)O)cc1)C(F)(F)C(F)(F)N1C(F)(F)C(F)(C(F)(F)F)OC(F)(C(F)(F)F)C1(F)F. The zero-order valence-corrected chi connectivity index (χ0v) is 18.1. The van der Waals surface area contributed by atoms with E-state index in [1.165, 1.54) is 0 Å². The molecule has 2 unspecified atom stereocenters. The third-order valence-electron chi connectivity index (χ3n) is 4.70. The molecule has 0 spiro atoms. The molecule has 1 heterocycles. The predicted octanol–water partition coefficient (Wildman–Crippen LogP) is 5.07. The number of amides is 1. The Morgan fingerprint density at radius 3 is 1.44 bits per heavy atom. The van der Waals surface area contributed by atoms with E-state index in [0.717, 1.165) is 0 Å². The van der Waals surface area contributed by atoms with Crippen molar-refractivity contribution in [3.8, 4) is 0 Å². The quantitative estimate of drug-likeness (QED) is 0.268. The number of alkyl halides is 16. The van der Waals surface area contributed by atoms with Gasteiger partial charge in [-0.25, -0.2) is 0 Å². The van der Waals surface area contributed by atoms with E-state index >= 15 is 0 Å². The summed E-state index contributed by atoms with van der Waals surface area (Å²) in [6, 6.07) is -23.1. The average molecular weight is 630 g/mol. The van der Waals surface area contributed by atoms with E-state index in [1.807, 2.05) is 0 Å². The summed E-state index contributed by atoms with van der Waals surface area (Å²) in [5.74, 6) is -26.6. The summed E-state index contributed by atoms with van der Waals surface area (Å²) >= 11 is 0. The van der Waals surface area contributed by atoms with Gasteiger partial charge in [0.15, 0.2) is 0 Å². The third kappa shape index (κ3) is 4.63. The fraction of sp³-hybridized carbons (Fsp3) is 0.533. The van der Waals surface area contributed by atoms with Crippen molar-refractivity contribution in [2.45, 2.75) is 53.0 Å². The zero-order chi connectivity index (χ0) is 31.1. The number of halogens is 16. The molecule has 24 heteroatoms. The number of anilines is 1. The summed E-state index contributed by atoms with van der Waals surface area (Å²) in [7, 11) is -5.01. The Morgan fingerprint density at radius 2 is 1.13 bits per heavy atom. The second kappa shape index (κ2) is 8.70. The second-order valence-corrected chi connectivity index (χ2v) is 8.70. The number of ether oxygens (including phenoxy) is 1. The number of nitrogens with one attached hydrogen (secondary N) is 1. The molecule has 1 aliphatic heterocycles. The van der Waals surface area contributed by atoms with Gasteiger partial charge in [-0.2, -0.15) is 78.7 Å². The molecule has 1 fully saturated rings. The number of rotatable bonds is 5. The Bertz CT molecular complexity index is 1190. The first kappa shape index (κ1) is 32.6. The molecule has 1 saturated heterocycles. The van der Waals surface area contributed by atoms with Crippen molar-refractivity contribution in [3.63, 3.8) is 0 Å². The lowest BCUT2D eigenvalue weighted by Gasteiger charge is -2.55. The van der Waals surface area contributed by atoms with Gasteiger partial charge in [-0.15, -0.1) is 4.90 Å². The topological polar surface area (TPSA) is 95.9 Å². The molecule has 0 aliphatic carbocycles. The summed E-state index contributed by atoms with van der Waals surface area (Å²) < 4.78 is 252. The first-order valence-electron chi connectivity index (χ1n) is 8.85. The van der Waals surface area contributed by atoms with Crippen LogP contribution in [0.4, 0.5) is 75.9 Å². The van der Waals surface area contributed by atoms with Gasteiger partial charge >= 0.3 is 54.0 Å². The molecule has 2 atom stereocenters. The van der Waals surface area contributed by atoms with Crippen LogP contribution in [0.25, 0.3) is 0 Å². The van der Waals surface area contributed by atoms with E-state index < -0.39 is 79.6 Å². The van der Waals surface area contributed by atoms with Crippen LogP contribution in [0.1, 0.15) is 0 Å². The molecule has 224 valence electrons. The maximum absolute atomic E-state index is 14.4. The molecule has 1 amide bonds. The number of hydrogen-bond donors (Lipinski definition) is 2. The van der Waals surface area contributed by atoms with Crippen LogP contribution in [0, 0.1) is 0 Å². The first-order chi connectivity index (χ1) is 16.9. The number of hydrogen-bond acceptors (Lipinski definition) is 5. The van der Waals surface area contributed by atoms with Crippen LogP contribution in [-0.4, -0.2) is 71.9 Å². The third-order valence-corrected chi connectivity index (χ3v) is 5.57. The zero-order valence-electron chi connectivity index (χ0n) is 17.3. The number of carbonyl (C=O) groups is 1. The highest BCUT2D eigenvalue weighted by Gasteiger charge is 2.96. The maximum atomic E-state index is 14.4. The van der Waals surface area contributed by atoms with Gasteiger partial charge in [-0.3, -0.25) is 14.1 Å². The number of benzene rings is 1. The number of carbonyl (C=O) groups excluding carboxylic acids is 1. The Morgan fingerprint density at radius 1 is 0.769 bits per heavy atom. The molecule has 0 bridgehead atoms. The molecule has 7 nitrogen and oxygen atoms in total. The normalized spacial score (nSPS) is 26.8. The van der Waals surface area contributed by atoms with Crippen molar-refractivity contribution < 1.29 is 92.7 Å². The second-order valence-electron chi connectivity index (χ2n) is 7.28. The minimum absolute atomic E-state index is 0.194. The van der Waals surface area contributed by atoms with E-state index in [-0.39, 0.29) is 24.3 Å². The van der Waals surface area contributed by atoms with Crippen LogP contribution in [0.2, 0.25) is 0 Å². The molecule has 39 heavy (non-hydrogen) atoms. The predicted molar refractivity (Wildman–Crippen MR) is 87.4 cm³/mol. The van der Waals surface area contributed by atoms with Gasteiger partial charge in [-0.1, -0.05) is 0 Å². The van der Waals surface area contributed by atoms with Crippen LogP contribution in [0.5, 0.6) is 0 Å². The molecule has 1 aromatic carbocycles. The van der Waals surface area contributed by atoms with E-state index in [9.17, 15) is 83.5 Å². The standard InChI is InChI=1S/C15H6F16N2O5S/c16-8(17,7(34)32-5-1-3-6(4-2-5)39(35,36)37)13(26,27)33-14(28,29)9(18,11(20,21)22)38-10(19,12(23,24)25)15(33,30)31/h1-4H,(H,32,34)(H,35,36,37). The van der Waals surface area contributed by atoms with Gasteiger partial charge in [0.1, 0.15) is 0 Å². The molecule has 0 radical (unpaired) electrons. The van der Waals surface area contributed by atoms with Crippen molar-refractivity contribution in [2.24, 2.45) is 0 Å². The fourth-order valence-corrected chi connectivity index (χ4v) is 3.27. The summed E-state index contributed by atoms with van der Waals surface area (Å²) in [6.07, 6.45) is -15.6. The van der Waals surface area contributed by atoms with Crippen molar-refractivity contribution in [1.29, 1.82) is 0 Å². The van der Waals surface area contributed by atoms with Gasteiger partial charge in [0.05, 0.1) is 4.90 Å². The highest BCUT2D eigenvalue weighted by Crippen LogP contribution is 2.66. The van der Waals surface area contributed by atoms with Crippen LogP contribution >= 0.6 is 0 Å². The van der Waals surface area contributed by atoms with E-state index in [4.69, 9.17) is 4.55 Å². The van der Waals surface area contributed by atoms with Crippen molar-refractivity contribution in [1.82, 2.24) is 4.90 Å². The molecule has 1 aromatic rings. The molecule has 2 N–H and O–H groups in total. The average Bonchev–Trinajstić information content (AvgIpc) is 2.69. The minimum Gasteiger partial charge on any atom is -0.321 e. The lowest BCUT2D eigenvalue weighted by molar-refractivity contribution is -0.601. The molecule has 0 saturated carbocycles. The Kier molecular flexibility index (Phi) is 7.27. The van der Waals surface area contributed by atoms with Crippen molar-refractivity contribution >= 4 is 21.7 Å². The van der Waals surface area contributed by atoms with E-state index in [0.29, 0.717) is 5.32 Å². The molecule has 0 aromatic heterocycles. The monoisotopic (exact) mass is 630 g/mol. The van der Waals surface area contributed by atoms with Gasteiger partial charge in [0.2, 0.25) is 0 Å². The lowest BCUT2D eigenvalue weighted by Crippen LogP contribution is -2.86. The largest absolute Gasteiger partial charge is 0.456 e. The highest BCUT2D eigenvalue weighted by atomic mass is 32.2. The maximum Gasteiger partial charge on any atom is 0.456 e. The number of morpholine rings is 1. The smallest absolute Gasteiger partial charge is 0.321 e. The van der Waals surface area contributed by atoms with Gasteiger partial charge in [0.25, 0.3) is 10.1 Å². The van der Waals surface area contributed by atoms with E-state index in [2.05, 4.69) is 0 Å². The van der Waals surface area contributed by atoms with Gasteiger partial charge in [-0.05, 0) is 24.3 Å². The van der Waals surface area contributed by atoms with Gasteiger partial charge < -0.3 is 5.32 Å².